The van der Waals surface area contributed by atoms with E-state index in [1.54, 1.807) is 12.3 Å². The quantitative estimate of drug-likeness (QED) is 0.804. The smallest absolute Gasteiger partial charge is 0.236 e. The van der Waals surface area contributed by atoms with Crippen LogP contribution in [0.3, 0.4) is 0 Å². The summed E-state index contributed by atoms with van der Waals surface area (Å²) in [6.45, 7) is 5.76. The molecule has 4 heteroatoms. The molecule has 0 radical (unpaired) electrons. The van der Waals surface area contributed by atoms with Crippen molar-refractivity contribution >= 4 is 0 Å². The van der Waals surface area contributed by atoms with Crippen molar-refractivity contribution in [2.45, 2.75) is 45.3 Å². The summed E-state index contributed by atoms with van der Waals surface area (Å²) in [6, 6.07) is 3.82. The van der Waals surface area contributed by atoms with E-state index in [0.717, 1.165) is 12.8 Å². The first-order valence-corrected chi connectivity index (χ1v) is 5.74. The molecule has 0 amide bonds. The standard InChI is InChI=1S/C13H16N2O2/c1-13(2,3)17-12-10(8-14)11(6-7-15-12)16-9-4-5-9/h6-7,9H,4-5H2,1-3H3. The number of pyridine rings is 1. The summed E-state index contributed by atoms with van der Waals surface area (Å²) >= 11 is 0. The molecule has 1 heterocycles. The number of aromatic nitrogens is 1. The largest absolute Gasteiger partial charge is 0.489 e. The fourth-order valence-electron chi connectivity index (χ4n) is 1.36. The summed E-state index contributed by atoms with van der Waals surface area (Å²) in [5.41, 5.74) is 0.00546. The number of nitriles is 1. The molecule has 0 saturated heterocycles. The summed E-state index contributed by atoms with van der Waals surface area (Å²) in [6.07, 6.45) is 3.98. The maximum absolute atomic E-state index is 9.18. The molecular weight excluding hydrogens is 216 g/mol. The van der Waals surface area contributed by atoms with E-state index in [9.17, 15) is 5.26 Å². The highest BCUT2D eigenvalue weighted by molar-refractivity contribution is 5.49. The molecule has 2 rings (SSSR count). The lowest BCUT2D eigenvalue weighted by molar-refractivity contribution is 0.123. The Morgan fingerprint density at radius 1 is 1.41 bits per heavy atom. The Bertz CT molecular complexity index is 453. The van der Waals surface area contributed by atoms with Crippen LogP contribution in [0, 0.1) is 11.3 Å². The Labute approximate surface area is 101 Å². The first kappa shape index (κ1) is 11.7. The molecule has 1 fully saturated rings. The monoisotopic (exact) mass is 232 g/mol. The van der Waals surface area contributed by atoms with Crippen LogP contribution >= 0.6 is 0 Å². The second-order valence-electron chi connectivity index (χ2n) is 5.13. The topological polar surface area (TPSA) is 55.1 Å². The Morgan fingerprint density at radius 3 is 2.65 bits per heavy atom. The van der Waals surface area contributed by atoms with Crippen LogP contribution in [0.1, 0.15) is 39.2 Å². The van der Waals surface area contributed by atoms with Gasteiger partial charge < -0.3 is 9.47 Å². The third kappa shape index (κ3) is 3.10. The van der Waals surface area contributed by atoms with E-state index < -0.39 is 0 Å². The third-order valence-electron chi connectivity index (χ3n) is 2.21. The Hall–Kier alpha value is -1.76. The molecule has 0 spiro atoms. The predicted molar refractivity (Wildman–Crippen MR) is 63.0 cm³/mol. The van der Waals surface area contributed by atoms with E-state index in [-0.39, 0.29) is 11.7 Å². The van der Waals surface area contributed by atoms with Gasteiger partial charge in [0.2, 0.25) is 5.88 Å². The number of nitrogens with zero attached hydrogens (tertiary/aromatic N) is 2. The third-order valence-corrected chi connectivity index (χ3v) is 2.21. The predicted octanol–water partition coefficient (Wildman–Crippen LogP) is 2.67. The van der Waals surface area contributed by atoms with Crippen molar-refractivity contribution in [3.8, 4) is 17.7 Å². The van der Waals surface area contributed by atoms with Crippen molar-refractivity contribution in [1.82, 2.24) is 4.98 Å². The zero-order chi connectivity index (χ0) is 12.5. The summed E-state index contributed by atoms with van der Waals surface area (Å²) in [5, 5.41) is 9.18. The highest BCUT2D eigenvalue weighted by Gasteiger charge is 2.26. The molecule has 0 N–H and O–H groups in total. The number of rotatable bonds is 3. The van der Waals surface area contributed by atoms with E-state index in [1.807, 2.05) is 20.8 Å². The van der Waals surface area contributed by atoms with Crippen molar-refractivity contribution in [1.29, 1.82) is 5.26 Å². The molecule has 0 atom stereocenters. The molecule has 1 saturated carbocycles. The van der Waals surface area contributed by atoms with Gasteiger partial charge >= 0.3 is 0 Å². The number of hydrogen-bond donors (Lipinski definition) is 0. The van der Waals surface area contributed by atoms with Gasteiger partial charge in [-0.15, -0.1) is 0 Å². The van der Waals surface area contributed by atoms with Crippen LogP contribution in [0.25, 0.3) is 0 Å². The Balaban J connectivity index is 2.28. The zero-order valence-electron chi connectivity index (χ0n) is 10.4. The minimum absolute atomic E-state index is 0.256. The minimum atomic E-state index is -0.378. The van der Waals surface area contributed by atoms with Gasteiger partial charge in [0.05, 0.1) is 6.10 Å². The second-order valence-corrected chi connectivity index (χ2v) is 5.13. The summed E-state index contributed by atoms with van der Waals surface area (Å²) in [4.78, 5) is 4.10. The summed E-state index contributed by atoms with van der Waals surface area (Å²) < 4.78 is 11.3. The van der Waals surface area contributed by atoms with Crippen molar-refractivity contribution in [2.24, 2.45) is 0 Å². The van der Waals surface area contributed by atoms with E-state index in [0.29, 0.717) is 17.2 Å². The van der Waals surface area contributed by atoms with Crippen LogP contribution in [0.2, 0.25) is 0 Å². The van der Waals surface area contributed by atoms with E-state index in [2.05, 4.69) is 11.1 Å². The molecule has 1 aromatic heterocycles. The molecule has 0 bridgehead atoms. The van der Waals surface area contributed by atoms with Gasteiger partial charge in [0.15, 0.2) is 5.56 Å². The lowest BCUT2D eigenvalue weighted by Gasteiger charge is -2.21. The molecule has 1 aliphatic carbocycles. The van der Waals surface area contributed by atoms with Crippen LogP contribution in [-0.4, -0.2) is 16.7 Å². The molecule has 0 unspecified atom stereocenters. The van der Waals surface area contributed by atoms with Gasteiger partial charge in [0.25, 0.3) is 0 Å². The van der Waals surface area contributed by atoms with Gasteiger partial charge in [-0.2, -0.15) is 5.26 Å². The van der Waals surface area contributed by atoms with E-state index in [4.69, 9.17) is 9.47 Å². The average Bonchev–Trinajstić information content (AvgIpc) is 2.99. The van der Waals surface area contributed by atoms with Gasteiger partial charge in [-0.1, -0.05) is 0 Å². The molecule has 0 aromatic carbocycles. The number of hydrogen-bond acceptors (Lipinski definition) is 4. The second kappa shape index (κ2) is 4.25. The molecular formula is C13H16N2O2. The fourth-order valence-corrected chi connectivity index (χ4v) is 1.36. The van der Waals surface area contributed by atoms with Gasteiger partial charge in [0, 0.05) is 12.3 Å². The van der Waals surface area contributed by atoms with Gasteiger partial charge in [-0.05, 0) is 33.6 Å². The van der Waals surface area contributed by atoms with Crippen LogP contribution in [0.15, 0.2) is 12.3 Å². The van der Waals surface area contributed by atoms with Crippen molar-refractivity contribution in [3.63, 3.8) is 0 Å². The maximum atomic E-state index is 9.18. The first-order chi connectivity index (χ1) is 7.99. The van der Waals surface area contributed by atoms with Gasteiger partial charge in [0.1, 0.15) is 17.4 Å². The van der Waals surface area contributed by atoms with Crippen LogP contribution in [0.5, 0.6) is 11.6 Å². The summed E-state index contributed by atoms with van der Waals surface area (Å²) in [7, 11) is 0. The normalized spacial score (nSPS) is 15.2. The fraction of sp³-hybridized carbons (Fsp3) is 0.538. The maximum Gasteiger partial charge on any atom is 0.236 e. The minimum Gasteiger partial charge on any atom is -0.489 e. The Morgan fingerprint density at radius 2 is 2.12 bits per heavy atom. The van der Waals surface area contributed by atoms with Crippen LogP contribution in [-0.2, 0) is 0 Å². The zero-order valence-corrected chi connectivity index (χ0v) is 10.4. The molecule has 0 aliphatic heterocycles. The Kier molecular flexibility index (Phi) is 2.93. The van der Waals surface area contributed by atoms with Crippen molar-refractivity contribution in [2.75, 3.05) is 0 Å². The summed E-state index contributed by atoms with van der Waals surface area (Å²) in [5.74, 6) is 0.919. The van der Waals surface area contributed by atoms with Crippen molar-refractivity contribution < 1.29 is 9.47 Å². The first-order valence-electron chi connectivity index (χ1n) is 5.74. The average molecular weight is 232 g/mol. The van der Waals surface area contributed by atoms with Crippen LogP contribution in [0.4, 0.5) is 0 Å². The van der Waals surface area contributed by atoms with E-state index >= 15 is 0 Å². The van der Waals surface area contributed by atoms with Crippen LogP contribution < -0.4 is 9.47 Å². The lowest BCUT2D eigenvalue weighted by Crippen LogP contribution is -2.24. The van der Waals surface area contributed by atoms with Crippen molar-refractivity contribution in [3.05, 3.63) is 17.8 Å². The molecule has 90 valence electrons. The lowest BCUT2D eigenvalue weighted by atomic mass is 10.2. The molecule has 4 nitrogen and oxygen atoms in total. The number of ether oxygens (including phenoxy) is 2. The molecule has 17 heavy (non-hydrogen) atoms. The van der Waals surface area contributed by atoms with Gasteiger partial charge in [-0.3, -0.25) is 0 Å². The highest BCUT2D eigenvalue weighted by Crippen LogP contribution is 2.32. The highest BCUT2D eigenvalue weighted by atomic mass is 16.5. The van der Waals surface area contributed by atoms with Gasteiger partial charge in [-0.25, -0.2) is 4.98 Å². The molecule has 1 aliphatic rings. The molecule has 1 aromatic rings. The SMILES string of the molecule is CC(C)(C)Oc1nccc(OC2CC2)c1C#N. The van der Waals surface area contributed by atoms with E-state index in [1.165, 1.54) is 0 Å².